The third-order valence-corrected chi connectivity index (χ3v) is 6.00. The first-order valence-electron chi connectivity index (χ1n) is 9.21. The summed E-state index contributed by atoms with van der Waals surface area (Å²) in [6, 6.07) is 15.1. The maximum atomic E-state index is 4.52. The number of piperazine rings is 1. The van der Waals surface area contributed by atoms with E-state index < -0.39 is 0 Å². The Morgan fingerprint density at radius 1 is 0.885 bits per heavy atom. The van der Waals surface area contributed by atoms with Gasteiger partial charge in [0.05, 0.1) is 22.5 Å². The van der Waals surface area contributed by atoms with Crippen LogP contribution in [-0.2, 0) is 0 Å². The molecule has 3 aromatic rings. The van der Waals surface area contributed by atoms with Crippen molar-refractivity contribution in [3.05, 3.63) is 54.0 Å². The van der Waals surface area contributed by atoms with Crippen LogP contribution in [0.5, 0.6) is 0 Å². The normalized spacial score (nSPS) is 16.2. The Labute approximate surface area is 159 Å². The van der Waals surface area contributed by atoms with Crippen molar-refractivity contribution in [1.82, 2.24) is 14.7 Å². The number of thiophene rings is 1. The molecule has 0 aliphatic carbocycles. The number of nitrogens with zero attached hydrogens (tertiary/aromatic N) is 4. The lowest BCUT2D eigenvalue weighted by atomic mass is 10.0. The summed E-state index contributed by atoms with van der Waals surface area (Å²) in [7, 11) is 0. The van der Waals surface area contributed by atoms with E-state index in [9.17, 15) is 0 Å². The van der Waals surface area contributed by atoms with Gasteiger partial charge in [-0.25, -0.2) is 4.68 Å². The highest BCUT2D eigenvalue weighted by Crippen LogP contribution is 2.28. The van der Waals surface area contributed by atoms with Gasteiger partial charge in [-0.05, 0) is 62.5 Å². The average Bonchev–Trinajstić information content (AvgIpc) is 3.32. The Kier molecular flexibility index (Phi) is 4.59. The number of anilines is 1. The van der Waals surface area contributed by atoms with Crippen LogP contribution < -0.4 is 4.90 Å². The predicted molar refractivity (Wildman–Crippen MR) is 110 cm³/mol. The molecule has 0 radical (unpaired) electrons. The lowest BCUT2D eigenvalue weighted by Crippen LogP contribution is -2.53. The van der Waals surface area contributed by atoms with E-state index in [2.05, 4.69) is 83.5 Å². The van der Waals surface area contributed by atoms with Gasteiger partial charge in [-0.3, -0.25) is 4.90 Å². The van der Waals surface area contributed by atoms with E-state index in [1.165, 1.54) is 10.6 Å². The standard InChI is InChI=1S/C21H26N4S/c1-21(2,3)24-14-12-23(13-15-24)17-6-8-18(9-7-17)25-19(10-11-22-25)20-5-4-16-26-20/h4-11,16H,12-15H2,1-3H3. The lowest BCUT2D eigenvalue weighted by molar-refractivity contribution is 0.128. The molecule has 1 aromatic carbocycles. The molecule has 0 unspecified atom stereocenters. The van der Waals surface area contributed by atoms with Crippen LogP contribution in [-0.4, -0.2) is 46.4 Å². The van der Waals surface area contributed by atoms with Gasteiger partial charge in [-0.15, -0.1) is 11.3 Å². The minimum Gasteiger partial charge on any atom is -0.369 e. The van der Waals surface area contributed by atoms with Crippen LogP contribution in [0.25, 0.3) is 16.3 Å². The maximum Gasteiger partial charge on any atom is 0.0840 e. The summed E-state index contributed by atoms with van der Waals surface area (Å²) in [5.74, 6) is 0. The van der Waals surface area contributed by atoms with E-state index in [-0.39, 0.29) is 5.54 Å². The second-order valence-electron chi connectivity index (χ2n) is 7.77. The zero-order valence-corrected chi connectivity index (χ0v) is 16.5. The van der Waals surface area contributed by atoms with E-state index >= 15 is 0 Å². The first-order chi connectivity index (χ1) is 12.5. The van der Waals surface area contributed by atoms with Gasteiger partial charge in [0.2, 0.25) is 0 Å². The molecule has 26 heavy (non-hydrogen) atoms. The Balaban J connectivity index is 1.50. The average molecular weight is 367 g/mol. The van der Waals surface area contributed by atoms with Gasteiger partial charge in [-0.1, -0.05) is 6.07 Å². The van der Waals surface area contributed by atoms with Gasteiger partial charge in [0, 0.05) is 37.4 Å². The summed E-state index contributed by atoms with van der Waals surface area (Å²) in [5.41, 5.74) is 3.81. The van der Waals surface area contributed by atoms with E-state index in [0.29, 0.717) is 0 Å². The molecule has 1 saturated heterocycles. The van der Waals surface area contributed by atoms with Crippen LogP contribution in [0.15, 0.2) is 54.0 Å². The first-order valence-corrected chi connectivity index (χ1v) is 10.1. The minimum absolute atomic E-state index is 0.258. The van der Waals surface area contributed by atoms with Crippen LogP contribution in [0.2, 0.25) is 0 Å². The van der Waals surface area contributed by atoms with Gasteiger partial charge in [0.15, 0.2) is 0 Å². The molecule has 1 aliphatic rings. The van der Waals surface area contributed by atoms with Crippen LogP contribution in [0.3, 0.4) is 0 Å². The van der Waals surface area contributed by atoms with Gasteiger partial charge < -0.3 is 4.90 Å². The van der Waals surface area contributed by atoms with Gasteiger partial charge >= 0.3 is 0 Å². The first kappa shape index (κ1) is 17.3. The molecular weight excluding hydrogens is 340 g/mol. The van der Waals surface area contributed by atoms with Crippen molar-refractivity contribution in [1.29, 1.82) is 0 Å². The Morgan fingerprint density at radius 3 is 2.19 bits per heavy atom. The number of hydrogen-bond donors (Lipinski definition) is 0. The molecule has 136 valence electrons. The van der Waals surface area contributed by atoms with Crippen LogP contribution in [0.1, 0.15) is 20.8 Å². The smallest absolute Gasteiger partial charge is 0.0840 e. The largest absolute Gasteiger partial charge is 0.369 e. The van der Waals surface area contributed by atoms with Crippen LogP contribution in [0, 0.1) is 0 Å². The van der Waals surface area contributed by atoms with Crippen molar-refractivity contribution in [3.63, 3.8) is 0 Å². The monoisotopic (exact) mass is 366 g/mol. The van der Waals surface area contributed by atoms with Gasteiger partial charge in [0.1, 0.15) is 0 Å². The third kappa shape index (κ3) is 3.41. The number of benzene rings is 1. The molecule has 0 spiro atoms. The zero-order valence-electron chi connectivity index (χ0n) is 15.7. The molecule has 0 atom stereocenters. The van der Waals surface area contributed by atoms with Gasteiger partial charge in [-0.2, -0.15) is 5.10 Å². The fraction of sp³-hybridized carbons (Fsp3) is 0.381. The van der Waals surface area contributed by atoms with E-state index in [1.54, 1.807) is 11.3 Å². The van der Waals surface area contributed by atoms with Crippen molar-refractivity contribution < 1.29 is 0 Å². The van der Waals surface area contributed by atoms with E-state index in [0.717, 1.165) is 37.6 Å². The van der Waals surface area contributed by atoms with Crippen molar-refractivity contribution in [2.24, 2.45) is 0 Å². The maximum absolute atomic E-state index is 4.52. The molecule has 1 fully saturated rings. The second-order valence-corrected chi connectivity index (χ2v) is 8.71. The SMILES string of the molecule is CC(C)(C)N1CCN(c2ccc(-n3nccc3-c3cccs3)cc2)CC1. The zero-order chi connectivity index (χ0) is 18.1. The highest BCUT2D eigenvalue weighted by atomic mass is 32.1. The summed E-state index contributed by atoms with van der Waals surface area (Å²) in [6.45, 7) is 11.3. The van der Waals surface area contributed by atoms with Crippen molar-refractivity contribution in [3.8, 4) is 16.3 Å². The molecule has 3 heterocycles. The highest BCUT2D eigenvalue weighted by molar-refractivity contribution is 7.13. The highest BCUT2D eigenvalue weighted by Gasteiger charge is 2.25. The Bertz CT molecular complexity index is 835. The molecule has 0 bridgehead atoms. The second kappa shape index (κ2) is 6.89. The lowest BCUT2D eigenvalue weighted by Gasteiger charge is -2.43. The topological polar surface area (TPSA) is 24.3 Å². The fourth-order valence-electron chi connectivity index (χ4n) is 3.56. The Hall–Kier alpha value is -2.11. The molecule has 0 N–H and O–H groups in total. The summed E-state index contributed by atoms with van der Waals surface area (Å²) in [4.78, 5) is 6.29. The van der Waals surface area contributed by atoms with Crippen LogP contribution in [0.4, 0.5) is 5.69 Å². The minimum atomic E-state index is 0.258. The molecule has 4 nitrogen and oxygen atoms in total. The summed E-state index contributed by atoms with van der Waals surface area (Å²) >= 11 is 1.74. The molecule has 0 saturated carbocycles. The Morgan fingerprint density at radius 2 is 1.58 bits per heavy atom. The molecule has 1 aliphatic heterocycles. The number of aromatic nitrogens is 2. The molecule has 4 rings (SSSR count). The van der Waals surface area contributed by atoms with Crippen molar-refractivity contribution in [2.75, 3.05) is 31.1 Å². The quantitative estimate of drug-likeness (QED) is 0.681. The van der Waals surface area contributed by atoms with E-state index in [4.69, 9.17) is 0 Å². The predicted octanol–water partition coefficient (Wildman–Crippen LogP) is 4.52. The molecule has 2 aromatic heterocycles. The third-order valence-electron chi connectivity index (χ3n) is 5.10. The molecular formula is C21H26N4S. The van der Waals surface area contributed by atoms with Crippen molar-refractivity contribution in [2.45, 2.75) is 26.3 Å². The summed E-state index contributed by atoms with van der Waals surface area (Å²) < 4.78 is 2.02. The van der Waals surface area contributed by atoms with Gasteiger partial charge in [0.25, 0.3) is 0 Å². The summed E-state index contributed by atoms with van der Waals surface area (Å²) in [5, 5.41) is 6.63. The summed E-state index contributed by atoms with van der Waals surface area (Å²) in [6.07, 6.45) is 1.87. The van der Waals surface area contributed by atoms with Crippen molar-refractivity contribution >= 4 is 17.0 Å². The number of hydrogen-bond acceptors (Lipinski definition) is 4. The van der Waals surface area contributed by atoms with E-state index in [1.807, 2.05) is 10.9 Å². The fourth-order valence-corrected chi connectivity index (χ4v) is 4.30. The van der Waals surface area contributed by atoms with Crippen LogP contribution >= 0.6 is 11.3 Å². The number of rotatable bonds is 3. The molecule has 5 heteroatoms. The molecule has 0 amide bonds.